The highest BCUT2D eigenvalue weighted by Gasteiger charge is 2.18. The van der Waals surface area contributed by atoms with Crippen molar-refractivity contribution in [3.05, 3.63) is 0 Å². The van der Waals surface area contributed by atoms with E-state index in [-0.39, 0.29) is 0 Å². The van der Waals surface area contributed by atoms with Crippen molar-refractivity contribution in [1.82, 2.24) is 4.67 Å². The van der Waals surface area contributed by atoms with E-state index < -0.39 is 5.77 Å². The third kappa shape index (κ3) is 2.85. The molecule has 0 saturated carbocycles. The van der Waals surface area contributed by atoms with Gasteiger partial charge in [-0.3, -0.25) is 0 Å². The van der Waals surface area contributed by atoms with Gasteiger partial charge < -0.3 is 4.52 Å². The Morgan fingerprint density at radius 2 is 1.90 bits per heavy atom. The van der Waals surface area contributed by atoms with Crippen LogP contribution >= 0.6 is 17.0 Å². The van der Waals surface area contributed by atoms with Crippen molar-refractivity contribution in [1.29, 1.82) is 0 Å². The molecule has 1 atom stereocenters. The van der Waals surface area contributed by atoms with Gasteiger partial charge in [0.2, 0.25) is 5.77 Å². The average molecular weight is 202 g/mol. The monoisotopic (exact) mass is 201 g/mol. The number of hydrogen-bond acceptors (Lipinski definition) is 2. The third-order valence-electron chi connectivity index (χ3n) is 1.29. The Bertz CT molecular complexity index is 140. The van der Waals surface area contributed by atoms with Crippen LogP contribution in [0, 0.1) is 0 Å². The minimum atomic E-state index is -2.14. The van der Waals surface area contributed by atoms with Crippen molar-refractivity contribution in [2.24, 2.45) is 0 Å². The molecular weight excluding hydrogens is 189 g/mol. The molecule has 0 aromatic heterocycles. The van der Waals surface area contributed by atoms with E-state index >= 15 is 0 Å². The van der Waals surface area contributed by atoms with Crippen molar-refractivity contribution in [2.45, 2.75) is 13.8 Å². The fourth-order valence-corrected chi connectivity index (χ4v) is 2.92. The summed E-state index contributed by atoms with van der Waals surface area (Å²) in [5.74, 6) is -2.14. The summed E-state index contributed by atoms with van der Waals surface area (Å²) in [6, 6.07) is 0. The normalized spacial score (nSPS) is 17.3. The van der Waals surface area contributed by atoms with Gasteiger partial charge in [-0.1, -0.05) is 13.8 Å². The van der Waals surface area contributed by atoms with Crippen LogP contribution in [0.1, 0.15) is 13.8 Å². The maximum absolute atomic E-state index is 5.92. The zero-order valence-electron chi connectivity index (χ0n) is 6.50. The lowest BCUT2D eigenvalue weighted by molar-refractivity contribution is 0.392. The van der Waals surface area contributed by atoms with E-state index in [1.54, 1.807) is 7.11 Å². The Balaban J connectivity index is 4.12. The average Bonchev–Trinajstić information content (AvgIpc) is 1.90. The molecule has 0 aromatic carbocycles. The van der Waals surface area contributed by atoms with Gasteiger partial charge >= 0.3 is 0 Å². The first kappa shape index (κ1) is 10.9. The predicted octanol–water partition coefficient (Wildman–Crippen LogP) is 2.44. The number of hydrogen-bond donors (Lipinski definition) is 0. The van der Waals surface area contributed by atoms with Crippen LogP contribution in [-0.4, -0.2) is 24.9 Å². The van der Waals surface area contributed by atoms with Crippen LogP contribution in [0.4, 0.5) is 0 Å². The molecule has 0 bridgehead atoms. The molecule has 0 radical (unpaired) electrons. The molecule has 0 N–H and O–H groups in total. The summed E-state index contributed by atoms with van der Waals surface area (Å²) in [5.41, 5.74) is 0. The van der Waals surface area contributed by atoms with E-state index in [9.17, 15) is 0 Å². The van der Waals surface area contributed by atoms with Crippen LogP contribution in [0.3, 0.4) is 0 Å². The van der Waals surface area contributed by atoms with Crippen molar-refractivity contribution in [3.8, 4) is 0 Å². The van der Waals surface area contributed by atoms with Crippen LogP contribution in [-0.2, 0) is 16.3 Å². The first-order chi connectivity index (χ1) is 4.58. The predicted molar refractivity (Wildman–Crippen MR) is 50.1 cm³/mol. The summed E-state index contributed by atoms with van der Waals surface area (Å²) in [4.78, 5) is 0. The molecule has 0 aliphatic carbocycles. The number of halogens is 1. The quantitative estimate of drug-likeness (QED) is 0.649. The van der Waals surface area contributed by atoms with Gasteiger partial charge in [0.05, 0.1) is 0 Å². The van der Waals surface area contributed by atoms with E-state index in [4.69, 9.17) is 27.6 Å². The fraction of sp³-hybridized carbons (Fsp3) is 1.00. The lowest BCUT2D eigenvalue weighted by atomic mass is 10.7. The topological polar surface area (TPSA) is 12.5 Å². The smallest absolute Gasteiger partial charge is 0.221 e. The van der Waals surface area contributed by atoms with E-state index in [0.717, 1.165) is 13.1 Å². The molecule has 0 fully saturated rings. The molecule has 1 unspecified atom stereocenters. The highest BCUT2D eigenvalue weighted by atomic mass is 35.7. The van der Waals surface area contributed by atoms with Crippen molar-refractivity contribution >= 4 is 28.8 Å². The molecule has 0 aliphatic rings. The summed E-state index contributed by atoms with van der Waals surface area (Å²) in [5, 5.41) is 0. The van der Waals surface area contributed by atoms with Gasteiger partial charge in [0, 0.05) is 20.2 Å². The first-order valence-electron chi connectivity index (χ1n) is 3.19. The van der Waals surface area contributed by atoms with Crippen molar-refractivity contribution in [2.75, 3.05) is 20.2 Å². The van der Waals surface area contributed by atoms with Crippen LogP contribution in [0.2, 0.25) is 0 Å². The van der Waals surface area contributed by atoms with Gasteiger partial charge in [0.1, 0.15) is 0 Å². The van der Waals surface area contributed by atoms with Gasteiger partial charge in [-0.15, -0.1) is 0 Å². The second-order valence-corrected chi connectivity index (χ2v) is 7.07. The summed E-state index contributed by atoms with van der Waals surface area (Å²) < 4.78 is 6.96. The minimum absolute atomic E-state index is 0.852. The molecule has 5 heteroatoms. The third-order valence-corrected chi connectivity index (χ3v) is 5.18. The summed E-state index contributed by atoms with van der Waals surface area (Å²) in [7, 11) is 1.56. The lowest BCUT2D eigenvalue weighted by Crippen LogP contribution is -2.17. The van der Waals surface area contributed by atoms with E-state index in [1.807, 2.05) is 18.5 Å². The maximum Gasteiger partial charge on any atom is 0.221 e. The minimum Gasteiger partial charge on any atom is -0.330 e. The molecule has 0 aliphatic heterocycles. The molecule has 0 spiro atoms. The number of nitrogens with zero attached hydrogens (tertiary/aromatic N) is 1. The van der Waals surface area contributed by atoms with Crippen LogP contribution in [0.15, 0.2) is 0 Å². The maximum atomic E-state index is 5.92. The highest BCUT2D eigenvalue weighted by Crippen LogP contribution is 2.55. The Morgan fingerprint density at radius 1 is 1.50 bits per heavy atom. The zero-order valence-corrected chi connectivity index (χ0v) is 8.97. The lowest BCUT2D eigenvalue weighted by Gasteiger charge is -2.25. The summed E-state index contributed by atoms with van der Waals surface area (Å²) in [6.07, 6.45) is 0. The second kappa shape index (κ2) is 4.68. The molecule has 62 valence electrons. The van der Waals surface area contributed by atoms with E-state index in [2.05, 4.69) is 0 Å². The Hall–Kier alpha value is 0.860. The van der Waals surface area contributed by atoms with Crippen LogP contribution in [0.25, 0.3) is 0 Å². The molecule has 0 amide bonds. The summed E-state index contributed by atoms with van der Waals surface area (Å²) in [6.45, 7) is 5.74. The van der Waals surface area contributed by atoms with Crippen molar-refractivity contribution in [3.63, 3.8) is 0 Å². The van der Waals surface area contributed by atoms with Crippen LogP contribution in [0.5, 0.6) is 0 Å². The van der Waals surface area contributed by atoms with E-state index in [1.165, 1.54) is 0 Å². The van der Waals surface area contributed by atoms with Crippen LogP contribution < -0.4 is 0 Å². The standard InChI is InChI=1S/C5H13ClNOPS/c1-4-7(5-2)9(6,10)8-3/h4-5H2,1-3H3. The first-order valence-corrected chi connectivity index (χ1v) is 6.77. The molecule has 0 aromatic rings. The van der Waals surface area contributed by atoms with Crippen molar-refractivity contribution < 1.29 is 4.52 Å². The SMILES string of the molecule is CCN(CC)P(=S)(Cl)OC. The highest BCUT2D eigenvalue weighted by molar-refractivity contribution is 8.23. The van der Waals surface area contributed by atoms with E-state index in [0.29, 0.717) is 0 Å². The van der Waals surface area contributed by atoms with Gasteiger partial charge in [-0.2, -0.15) is 0 Å². The zero-order chi connectivity index (χ0) is 8.20. The van der Waals surface area contributed by atoms with Gasteiger partial charge in [0.15, 0.2) is 0 Å². The fourth-order valence-electron chi connectivity index (χ4n) is 0.677. The Morgan fingerprint density at radius 3 is 2.00 bits per heavy atom. The van der Waals surface area contributed by atoms with Gasteiger partial charge in [-0.05, 0) is 23.0 Å². The second-order valence-electron chi connectivity index (χ2n) is 1.77. The molecule has 10 heavy (non-hydrogen) atoms. The largest absolute Gasteiger partial charge is 0.330 e. The number of rotatable bonds is 4. The van der Waals surface area contributed by atoms with Gasteiger partial charge in [0.25, 0.3) is 0 Å². The molecule has 2 nitrogen and oxygen atoms in total. The van der Waals surface area contributed by atoms with Gasteiger partial charge in [-0.25, -0.2) is 4.67 Å². The summed E-state index contributed by atoms with van der Waals surface area (Å²) >= 11 is 11.0. The Labute approximate surface area is 72.4 Å². The molecule has 0 saturated heterocycles. The molecule has 0 rings (SSSR count). The molecular formula is C5H13ClNOPS. The molecule has 0 heterocycles. The Kier molecular flexibility index (Phi) is 5.08.